The van der Waals surface area contributed by atoms with Crippen molar-refractivity contribution in [3.05, 3.63) is 12.5 Å². The van der Waals surface area contributed by atoms with Gasteiger partial charge in [-0.15, -0.1) is 0 Å². The summed E-state index contributed by atoms with van der Waals surface area (Å²) in [6, 6.07) is 0. The number of aromatic nitrogens is 2. The molecule has 0 amide bonds. The number of nitrogens with one attached hydrogen (secondary N) is 1. The van der Waals surface area contributed by atoms with Crippen LogP contribution in [0.15, 0.2) is 17.6 Å². The SMILES string of the molecule is Cn1cnc(S(=O)(=O)NC[C@@](C)(O)C2CC2)c1. The zero-order valence-corrected chi connectivity index (χ0v) is 10.7. The van der Waals surface area contributed by atoms with Gasteiger partial charge in [0.25, 0.3) is 10.0 Å². The van der Waals surface area contributed by atoms with Gasteiger partial charge in [0.1, 0.15) is 0 Å². The molecule has 1 aromatic rings. The minimum absolute atomic E-state index is 0.0217. The largest absolute Gasteiger partial charge is 0.389 e. The molecule has 1 aliphatic carbocycles. The average molecular weight is 259 g/mol. The fourth-order valence-corrected chi connectivity index (χ4v) is 2.81. The Bertz CT molecular complexity index is 503. The Morgan fingerprint density at radius 1 is 1.65 bits per heavy atom. The highest BCUT2D eigenvalue weighted by molar-refractivity contribution is 7.89. The molecule has 6 nitrogen and oxygen atoms in total. The van der Waals surface area contributed by atoms with E-state index in [0.29, 0.717) is 0 Å². The molecular formula is C10H17N3O3S. The summed E-state index contributed by atoms with van der Waals surface area (Å²) < 4.78 is 27.6. The molecule has 1 saturated carbocycles. The van der Waals surface area contributed by atoms with Gasteiger partial charge in [-0.2, -0.15) is 0 Å². The van der Waals surface area contributed by atoms with E-state index in [-0.39, 0.29) is 17.5 Å². The maximum Gasteiger partial charge on any atom is 0.259 e. The first-order chi connectivity index (χ1) is 7.81. The number of imidazole rings is 1. The van der Waals surface area contributed by atoms with Crippen molar-refractivity contribution in [3.63, 3.8) is 0 Å². The predicted molar refractivity (Wildman–Crippen MR) is 61.7 cm³/mol. The topological polar surface area (TPSA) is 84.2 Å². The second kappa shape index (κ2) is 4.08. The van der Waals surface area contributed by atoms with Gasteiger partial charge in [0.05, 0.1) is 11.9 Å². The molecule has 0 radical (unpaired) electrons. The number of hydrogen-bond acceptors (Lipinski definition) is 4. The van der Waals surface area contributed by atoms with E-state index in [2.05, 4.69) is 9.71 Å². The van der Waals surface area contributed by atoms with Crippen LogP contribution in [0.3, 0.4) is 0 Å². The summed E-state index contributed by atoms with van der Waals surface area (Å²) >= 11 is 0. The molecule has 0 unspecified atom stereocenters. The third-order valence-corrected chi connectivity index (χ3v) is 4.32. The van der Waals surface area contributed by atoms with Crippen LogP contribution < -0.4 is 4.72 Å². The third-order valence-electron chi connectivity index (χ3n) is 3.03. The quantitative estimate of drug-likeness (QED) is 0.771. The number of sulfonamides is 1. The normalized spacial score (nSPS) is 20.2. The first-order valence-corrected chi connectivity index (χ1v) is 6.99. The number of nitrogens with zero attached hydrogens (tertiary/aromatic N) is 2. The van der Waals surface area contributed by atoms with Gasteiger partial charge in [-0.3, -0.25) is 0 Å². The molecule has 1 heterocycles. The second-order valence-corrected chi connectivity index (χ2v) is 6.55. The Hall–Kier alpha value is -0.920. The molecule has 1 atom stereocenters. The Morgan fingerprint density at radius 3 is 2.76 bits per heavy atom. The monoisotopic (exact) mass is 259 g/mol. The summed E-state index contributed by atoms with van der Waals surface area (Å²) in [6.45, 7) is 1.68. The van der Waals surface area contributed by atoms with Crippen molar-refractivity contribution in [1.82, 2.24) is 14.3 Å². The Labute approximate surface area is 101 Å². The molecule has 2 N–H and O–H groups in total. The summed E-state index contributed by atoms with van der Waals surface area (Å²) in [5.74, 6) is 0.203. The molecule has 2 rings (SSSR count). The van der Waals surface area contributed by atoms with E-state index < -0.39 is 15.6 Å². The summed E-state index contributed by atoms with van der Waals surface area (Å²) in [7, 11) is -1.92. The molecule has 0 aliphatic heterocycles. The lowest BCUT2D eigenvalue weighted by molar-refractivity contribution is 0.0422. The number of hydrogen-bond donors (Lipinski definition) is 2. The fraction of sp³-hybridized carbons (Fsp3) is 0.700. The molecular weight excluding hydrogens is 242 g/mol. The highest BCUT2D eigenvalue weighted by Gasteiger charge is 2.40. The van der Waals surface area contributed by atoms with Crippen LogP contribution in [-0.4, -0.2) is 35.2 Å². The van der Waals surface area contributed by atoms with Crippen LogP contribution in [0.25, 0.3) is 0 Å². The van der Waals surface area contributed by atoms with Gasteiger partial charge in [0, 0.05) is 19.8 Å². The van der Waals surface area contributed by atoms with Gasteiger partial charge >= 0.3 is 0 Å². The van der Waals surface area contributed by atoms with Crippen molar-refractivity contribution in [3.8, 4) is 0 Å². The van der Waals surface area contributed by atoms with Crippen LogP contribution in [0.5, 0.6) is 0 Å². The van der Waals surface area contributed by atoms with Crippen LogP contribution in [0.1, 0.15) is 19.8 Å². The van der Waals surface area contributed by atoms with E-state index in [1.54, 1.807) is 18.5 Å². The Balaban J connectivity index is 2.03. The number of aryl methyl sites for hydroxylation is 1. The summed E-state index contributed by atoms with van der Waals surface area (Å²) in [4.78, 5) is 3.78. The van der Waals surface area contributed by atoms with Gasteiger partial charge in [0.2, 0.25) is 0 Å². The predicted octanol–water partition coefficient (Wildman–Crippen LogP) is -0.141. The summed E-state index contributed by atoms with van der Waals surface area (Å²) in [6.07, 6.45) is 4.76. The van der Waals surface area contributed by atoms with Crippen LogP contribution in [0, 0.1) is 5.92 Å². The first-order valence-electron chi connectivity index (χ1n) is 5.51. The number of rotatable bonds is 5. The Kier molecular flexibility index (Phi) is 3.01. The molecule has 1 aliphatic rings. The molecule has 0 aromatic carbocycles. The van der Waals surface area contributed by atoms with Crippen LogP contribution in [0.2, 0.25) is 0 Å². The van der Waals surface area contributed by atoms with Crippen molar-refractivity contribution < 1.29 is 13.5 Å². The van der Waals surface area contributed by atoms with Gasteiger partial charge in [-0.05, 0) is 25.7 Å². The lowest BCUT2D eigenvalue weighted by atomic mass is 10.0. The molecule has 0 bridgehead atoms. The molecule has 1 aromatic heterocycles. The molecule has 17 heavy (non-hydrogen) atoms. The van der Waals surface area contributed by atoms with Crippen LogP contribution in [0.4, 0.5) is 0 Å². The van der Waals surface area contributed by atoms with E-state index in [0.717, 1.165) is 12.8 Å². The van der Waals surface area contributed by atoms with E-state index in [1.807, 2.05) is 0 Å². The standard InChI is InChI=1S/C10H17N3O3S/c1-10(14,8-3-4-8)6-12-17(15,16)9-5-13(2)7-11-9/h5,7-8,12,14H,3-4,6H2,1-2H3/t10-/m1/s1. The Morgan fingerprint density at radius 2 is 2.29 bits per heavy atom. The first kappa shape index (κ1) is 12.5. The molecule has 0 saturated heterocycles. The van der Waals surface area contributed by atoms with Gasteiger partial charge in [-0.1, -0.05) is 0 Å². The highest BCUT2D eigenvalue weighted by Crippen LogP contribution is 2.39. The van der Waals surface area contributed by atoms with E-state index in [9.17, 15) is 13.5 Å². The van der Waals surface area contributed by atoms with Crippen molar-refractivity contribution in [2.24, 2.45) is 13.0 Å². The maximum atomic E-state index is 11.8. The molecule has 1 fully saturated rings. The molecule has 96 valence electrons. The third kappa shape index (κ3) is 2.85. The molecule has 0 spiro atoms. The lowest BCUT2D eigenvalue weighted by Gasteiger charge is -2.22. The van der Waals surface area contributed by atoms with Crippen LogP contribution in [-0.2, 0) is 17.1 Å². The smallest absolute Gasteiger partial charge is 0.259 e. The van der Waals surface area contributed by atoms with Crippen molar-refractivity contribution in [1.29, 1.82) is 0 Å². The minimum atomic E-state index is -3.62. The zero-order chi connectivity index (χ0) is 12.7. The van der Waals surface area contributed by atoms with E-state index >= 15 is 0 Å². The lowest BCUT2D eigenvalue weighted by Crippen LogP contribution is -2.42. The highest BCUT2D eigenvalue weighted by atomic mass is 32.2. The minimum Gasteiger partial charge on any atom is -0.389 e. The maximum absolute atomic E-state index is 11.8. The van der Waals surface area contributed by atoms with E-state index in [1.165, 1.54) is 12.5 Å². The van der Waals surface area contributed by atoms with Gasteiger partial charge in [0.15, 0.2) is 5.03 Å². The second-order valence-electron chi connectivity index (χ2n) is 4.83. The van der Waals surface area contributed by atoms with Crippen LogP contribution >= 0.6 is 0 Å². The fourth-order valence-electron chi connectivity index (χ4n) is 1.69. The van der Waals surface area contributed by atoms with Gasteiger partial charge < -0.3 is 9.67 Å². The summed E-state index contributed by atoms with van der Waals surface area (Å²) in [5.41, 5.74) is -0.970. The average Bonchev–Trinajstić information content (AvgIpc) is 3.00. The summed E-state index contributed by atoms with van der Waals surface area (Å²) in [5, 5.41) is 10.00. The van der Waals surface area contributed by atoms with Crippen molar-refractivity contribution in [2.45, 2.75) is 30.4 Å². The molecule has 7 heteroatoms. The number of aliphatic hydroxyl groups is 1. The van der Waals surface area contributed by atoms with E-state index in [4.69, 9.17) is 0 Å². The van der Waals surface area contributed by atoms with Crippen molar-refractivity contribution in [2.75, 3.05) is 6.54 Å². The zero-order valence-electron chi connectivity index (χ0n) is 9.92. The van der Waals surface area contributed by atoms with Gasteiger partial charge in [-0.25, -0.2) is 18.1 Å². The van der Waals surface area contributed by atoms with Crippen molar-refractivity contribution >= 4 is 10.0 Å².